The van der Waals surface area contributed by atoms with Crippen LogP contribution >= 0.6 is 0 Å². The summed E-state index contributed by atoms with van der Waals surface area (Å²) in [5.41, 5.74) is 0. The molecule has 0 radical (unpaired) electrons. The predicted molar refractivity (Wildman–Crippen MR) is 67.8 cm³/mol. The second-order valence-corrected chi connectivity index (χ2v) is 8.69. The fraction of sp³-hybridized carbons (Fsp3) is 1.00. The van der Waals surface area contributed by atoms with Gasteiger partial charge in [0.25, 0.3) is 0 Å². The first-order valence-electron chi connectivity index (χ1n) is 5.57. The van der Waals surface area contributed by atoms with Crippen molar-refractivity contribution in [3.8, 4) is 0 Å². The van der Waals surface area contributed by atoms with Crippen LogP contribution in [0, 0.1) is 0 Å². The van der Waals surface area contributed by atoms with Gasteiger partial charge in [-0.15, -0.1) is 0 Å². The molecule has 0 bridgehead atoms. The molecule has 6 heteroatoms. The maximum Gasteiger partial charge on any atom is 0.151 e. The van der Waals surface area contributed by atoms with Crippen molar-refractivity contribution >= 4 is 20.6 Å². The topological polar surface area (TPSA) is 63.2 Å². The standard InChI is InChI=1S/C10H21NO3S2/c1-8(15(2)12)7-11-9-5-4-6-10(9)16(3,13)14/h8-11H,4-7H2,1-3H3. The Morgan fingerprint density at radius 1 is 1.44 bits per heavy atom. The number of hydrogen-bond acceptors (Lipinski definition) is 4. The molecule has 1 aliphatic carbocycles. The highest BCUT2D eigenvalue weighted by molar-refractivity contribution is 7.91. The molecule has 0 saturated heterocycles. The highest BCUT2D eigenvalue weighted by Gasteiger charge is 2.34. The van der Waals surface area contributed by atoms with Gasteiger partial charge in [-0.05, 0) is 19.8 Å². The van der Waals surface area contributed by atoms with Gasteiger partial charge in [0, 0.05) is 41.1 Å². The molecule has 1 fully saturated rings. The summed E-state index contributed by atoms with van der Waals surface area (Å²) >= 11 is 0. The van der Waals surface area contributed by atoms with Crippen LogP contribution in [0.1, 0.15) is 26.2 Å². The lowest BCUT2D eigenvalue weighted by Crippen LogP contribution is -2.43. The van der Waals surface area contributed by atoms with Gasteiger partial charge in [-0.2, -0.15) is 0 Å². The van der Waals surface area contributed by atoms with Crippen LogP contribution in [-0.4, -0.2) is 48.2 Å². The molecule has 1 saturated carbocycles. The number of hydrogen-bond donors (Lipinski definition) is 1. The first-order valence-corrected chi connectivity index (χ1v) is 9.14. The van der Waals surface area contributed by atoms with Crippen molar-refractivity contribution in [3.05, 3.63) is 0 Å². The molecule has 0 aromatic heterocycles. The summed E-state index contributed by atoms with van der Waals surface area (Å²) < 4.78 is 34.2. The van der Waals surface area contributed by atoms with Gasteiger partial charge in [-0.1, -0.05) is 6.42 Å². The molecule has 0 aliphatic heterocycles. The van der Waals surface area contributed by atoms with E-state index in [4.69, 9.17) is 0 Å². The van der Waals surface area contributed by atoms with Crippen LogP contribution in [0.4, 0.5) is 0 Å². The summed E-state index contributed by atoms with van der Waals surface area (Å²) in [4.78, 5) is 0. The largest absolute Gasteiger partial charge is 0.312 e. The second kappa shape index (κ2) is 5.60. The van der Waals surface area contributed by atoms with E-state index in [0.29, 0.717) is 6.54 Å². The normalized spacial score (nSPS) is 30.2. The molecule has 1 aliphatic rings. The zero-order valence-electron chi connectivity index (χ0n) is 10.1. The zero-order valence-corrected chi connectivity index (χ0v) is 11.7. The van der Waals surface area contributed by atoms with Crippen LogP contribution < -0.4 is 5.32 Å². The van der Waals surface area contributed by atoms with Gasteiger partial charge in [-0.25, -0.2) is 8.42 Å². The molecule has 0 amide bonds. The Hall–Kier alpha value is 0.0600. The summed E-state index contributed by atoms with van der Waals surface area (Å²) in [5.74, 6) is 0. The van der Waals surface area contributed by atoms with Gasteiger partial charge in [0.05, 0.1) is 5.25 Å². The van der Waals surface area contributed by atoms with E-state index in [-0.39, 0.29) is 16.5 Å². The average molecular weight is 267 g/mol. The van der Waals surface area contributed by atoms with Crippen LogP contribution in [0.5, 0.6) is 0 Å². The van der Waals surface area contributed by atoms with Crippen LogP contribution in [0.3, 0.4) is 0 Å². The molecular weight excluding hydrogens is 246 g/mol. The molecule has 4 unspecified atom stereocenters. The third kappa shape index (κ3) is 3.82. The van der Waals surface area contributed by atoms with E-state index in [9.17, 15) is 12.6 Å². The maximum absolute atomic E-state index is 11.5. The van der Waals surface area contributed by atoms with Gasteiger partial charge in [-0.3, -0.25) is 4.21 Å². The summed E-state index contributed by atoms with van der Waals surface area (Å²) in [6.45, 7) is 2.54. The lowest BCUT2D eigenvalue weighted by atomic mass is 10.2. The Kier molecular flexibility index (Phi) is 4.94. The highest BCUT2D eigenvalue weighted by Crippen LogP contribution is 2.24. The fourth-order valence-corrected chi connectivity index (χ4v) is 3.86. The third-order valence-electron chi connectivity index (χ3n) is 3.24. The Labute approximate surface area is 101 Å². The van der Waals surface area contributed by atoms with Crippen molar-refractivity contribution in [2.24, 2.45) is 0 Å². The lowest BCUT2D eigenvalue weighted by molar-refractivity contribution is 0.508. The molecule has 0 heterocycles. The quantitative estimate of drug-likeness (QED) is 0.778. The Bertz CT molecular complexity index is 353. The molecule has 0 aromatic carbocycles. The van der Waals surface area contributed by atoms with E-state index in [2.05, 4.69) is 5.32 Å². The number of rotatable bonds is 5. The first-order chi connectivity index (χ1) is 7.32. The van der Waals surface area contributed by atoms with Crippen LogP contribution in [0.2, 0.25) is 0 Å². The lowest BCUT2D eigenvalue weighted by Gasteiger charge is -2.21. The average Bonchev–Trinajstić information content (AvgIpc) is 2.60. The van der Waals surface area contributed by atoms with E-state index in [1.165, 1.54) is 6.26 Å². The fourth-order valence-electron chi connectivity index (χ4n) is 2.11. The van der Waals surface area contributed by atoms with Gasteiger partial charge >= 0.3 is 0 Å². The van der Waals surface area contributed by atoms with Crippen molar-refractivity contribution < 1.29 is 12.6 Å². The monoisotopic (exact) mass is 267 g/mol. The van der Waals surface area contributed by atoms with Crippen molar-refractivity contribution in [1.82, 2.24) is 5.32 Å². The third-order valence-corrected chi connectivity index (χ3v) is 6.20. The minimum Gasteiger partial charge on any atom is -0.312 e. The van der Waals surface area contributed by atoms with Crippen molar-refractivity contribution in [3.63, 3.8) is 0 Å². The summed E-state index contributed by atoms with van der Waals surface area (Å²) in [5, 5.41) is 3.06. The second-order valence-electron chi connectivity index (χ2n) is 4.62. The van der Waals surface area contributed by atoms with Crippen molar-refractivity contribution in [2.75, 3.05) is 19.1 Å². The molecule has 96 valence electrons. The summed E-state index contributed by atoms with van der Waals surface area (Å²) in [6, 6.07) is 0.0426. The summed E-state index contributed by atoms with van der Waals surface area (Å²) in [7, 11) is -3.81. The Morgan fingerprint density at radius 3 is 2.56 bits per heavy atom. The molecule has 1 N–H and O–H groups in total. The van der Waals surface area contributed by atoms with E-state index < -0.39 is 20.6 Å². The maximum atomic E-state index is 11.5. The van der Waals surface area contributed by atoms with E-state index in [0.717, 1.165) is 19.3 Å². The van der Waals surface area contributed by atoms with E-state index in [1.807, 2.05) is 6.92 Å². The Balaban J connectivity index is 2.51. The van der Waals surface area contributed by atoms with E-state index >= 15 is 0 Å². The van der Waals surface area contributed by atoms with Crippen LogP contribution in [0.25, 0.3) is 0 Å². The molecule has 0 aromatic rings. The minimum absolute atomic E-state index is 0.0426. The molecule has 4 nitrogen and oxygen atoms in total. The number of nitrogens with one attached hydrogen (secondary N) is 1. The van der Waals surface area contributed by atoms with Gasteiger partial charge in [0.1, 0.15) is 0 Å². The number of sulfone groups is 1. The molecule has 0 spiro atoms. The molecule has 4 atom stereocenters. The first kappa shape index (κ1) is 14.1. The van der Waals surface area contributed by atoms with Gasteiger partial charge in [0.15, 0.2) is 9.84 Å². The summed E-state index contributed by atoms with van der Waals surface area (Å²) in [6.07, 6.45) is 5.59. The smallest absolute Gasteiger partial charge is 0.151 e. The minimum atomic E-state index is -2.96. The van der Waals surface area contributed by atoms with Gasteiger partial charge in [0.2, 0.25) is 0 Å². The van der Waals surface area contributed by atoms with Gasteiger partial charge < -0.3 is 5.32 Å². The molecule has 1 rings (SSSR count). The Morgan fingerprint density at radius 2 is 2.06 bits per heavy atom. The van der Waals surface area contributed by atoms with E-state index in [1.54, 1.807) is 6.26 Å². The van der Waals surface area contributed by atoms with Crippen molar-refractivity contribution in [1.29, 1.82) is 0 Å². The SMILES string of the molecule is CC(CNC1CCCC1S(C)(=O)=O)S(C)=O. The van der Waals surface area contributed by atoms with Crippen molar-refractivity contribution in [2.45, 2.75) is 42.7 Å². The molecular formula is C10H21NO3S2. The highest BCUT2D eigenvalue weighted by atomic mass is 32.2. The van der Waals surface area contributed by atoms with Crippen LogP contribution in [0.15, 0.2) is 0 Å². The predicted octanol–water partition coefficient (Wildman–Crippen LogP) is 0.309. The molecule has 16 heavy (non-hydrogen) atoms. The zero-order chi connectivity index (χ0) is 12.3. The van der Waals surface area contributed by atoms with Crippen LogP contribution in [-0.2, 0) is 20.6 Å².